The van der Waals surface area contributed by atoms with Gasteiger partial charge in [0.15, 0.2) is 0 Å². The first-order chi connectivity index (χ1) is 14.0. The van der Waals surface area contributed by atoms with Gasteiger partial charge in [0, 0.05) is 42.9 Å². The Bertz CT molecular complexity index is 1030. The summed E-state index contributed by atoms with van der Waals surface area (Å²) in [5, 5.41) is 0.512. The van der Waals surface area contributed by atoms with Crippen molar-refractivity contribution in [3.63, 3.8) is 0 Å². The monoisotopic (exact) mass is 436 g/mol. The number of fused-ring (bicyclic) bond motifs is 1. The molecule has 1 aliphatic heterocycles. The Morgan fingerprint density at radius 2 is 1.87 bits per heavy atom. The van der Waals surface area contributed by atoms with Gasteiger partial charge < -0.3 is 9.30 Å². The van der Waals surface area contributed by atoms with E-state index in [0.717, 1.165) is 54.3 Å². The van der Waals surface area contributed by atoms with Crippen molar-refractivity contribution in [3.8, 4) is 0 Å². The number of aromatic nitrogens is 1. The van der Waals surface area contributed by atoms with Crippen LogP contribution in [-0.4, -0.2) is 31.4 Å². The Morgan fingerprint density at radius 1 is 1.20 bits per heavy atom. The number of rotatable bonds is 6. The van der Waals surface area contributed by atoms with Crippen LogP contribution in [0, 0.1) is 11.2 Å². The molecule has 2 fully saturated rings. The molecule has 1 aliphatic carbocycles. The highest BCUT2D eigenvalue weighted by Crippen LogP contribution is 2.37. The third-order valence-electron chi connectivity index (χ3n) is 6.11. The van der Waals surface area contributed by atoms with Gasteiger partial charge in [-0.1, -0.05) is 20.8 Å². The molecule has 2 aliphatic rings. The highest BCUT2D eigenvalue weighted by Gasteiger charge is 2.37. The molecule has 4 rings (SSSR count). The van der Waals surface area contributed by atoms with Gasteiger partial charge in [0.05, 0.1) is 5.25 Å². The largest absolute Gasteiger partial charge is 0.381 e. The Balaban J connectivity index is 1.77. The van der Waals surface area contributed by atoms with Crippen LogP contribution in [0.4, 0.5) is 4.39 Å². The van der Waals surface area contributed by atoms with E-state index in [1.807, 2.05) is 19.2 Å². The van der Waals surface area contributed by atoms with Crippen molar-refractivity contribution in [3.05, 3.63) is 35.3 Å². The first-order valence-corrected chi connectivity index (χ1v) is 12.5. The van der Waals surface area contributed by atoms with Crippen molar-refractivity contribution in [1.29, 1.82) is 0 Å². The van der Waals surface area contributed by atoms with Crippen molar-refractivity contribution >= 4 is 20.9 Å². The molecular weight excluding hydrogens is 403 g/mol. The van der Waals surface area contributed by atoms with E-state index in [2.05, 4.69) is 30.1 Å². The maximum absolute atomic E-state index is 15.2. The molecule has 2 heterocycles. The van der Waals surface area contributed by atoms with Gasteiger partial charge in [-0.15, -0.1) is 0 Å². The highest BCUT2D eigenvalue weighted by atomic mass is 32.2. The topological polar surface area (TPSA) is 60.3 Å². The molecule has 1 saturated carbocycles. The quantitative estimate of drug-likeness (QED) is 0.703. The molecule has 5 nitrogen and oxygen atoms in total. The van der Waals surface area contributed by atoms with E-state index in [0.29, 0.717) is 13.2 Å². The summed E-state index contributed by atoms with van der Waals surface area (Å²) in [4.78, 5) is 0. The van der Waals surface area contributed by atoms with Crippen LogP contribution in [0.25, 0.3) is 10.9 Å². The SMILES string of the molecule is CC(NS(=O)(=O)C1CC1)c1cn(CC(C)(C)C)c2cc(C3CCOCC3)c(F)cc12. The zero-order valence-electron chi connectivity index (χ0n) is 18.4. The number of hydrogen-bond acceptors (Lipinski definition) is 3. The minimum Gasteiger partial charge on any atom is -0.381 e. The predicted molar refractivity (Wildman–Crippen MR) is 118 cm³/mol. The summed E-state index contributed by atoms with van der Waals surface area (Å²) in [5.74, 6) is -0.0446. The molecule has 1 atom stereocenters. The number of halogens is 1. The summed E-state index contributed by atoms with van der Waals surface area (Å²) in [6, 6.07) is 3.18. The molecule has 30 heavy (non-hydrogen) atoms. The minimum atomic E-state index is -3.33. The Labute approximate surface area is 179 Å². The number of sulfonamides is 1. The first kappa shape index (κ1) is 21.8. The standard InChI is InChI=1S/C23H33FN2O3S/c1-15(25-30(27,28)17-5-6-17)20-13-26(14-23(2,3)4)22-12-18(21(24)11-19(20)22)16-7-9-29-10-8-16/h11-13,15-17,25H,5-10,14H2,1-4H3. The number of ether oxygens (including phenoxy) is 1. The van der Waals surface area contributed by atoms with E-state index in [1.165, 1.54) is 0 Å². The fourth-order valence-corrected chi connectivity index (χ4v) is 6.02. The molecule has 1 saturated heterocycles. The average Bonchev–Trinajstić information content (AvgIpc) is 3.46. The maximum Gasteiger partial charge on any atom is 0.215 e. The highest BCUT2D eigenvalue weighted by molar-refractivity contribution is 7.90. The third-order valence-corrected chi connectivity index (χ3v) is 8.14. The summed E-state index contributed by atoms with van der Waals surface area (Å²) in [6.45, 7) is 10.4. The Morgan fingerprint density at radius 3 is 2.47 bits per heavy atom. The Hall–Kier alpha value is -1.44. The number of nitrogens with one attached hydrogen (secondary N) is 1. The van der Waals surface area contributed by atoms with Gasteiger partial charge in [0.2, 0.25) is 10.0 Å². The van der Waals surface area contributed by atoms with E-state index in [-0.39, 0.29) is 22.4 Å². The molecule has 1 N–H and O–H groups in total. The van der Waals surface area contributed by atoms with Gasteiger partial charge in [0.25, 0.3) is 0 Å². The maximum atomic E-state index is 15.2. The van der Waals surface area contributed by atoms with Crippen LogP contribution < -0.4 is 4.72 Å². The Kier molecular flexibility index (Phi) is 5.75. The molecule has 1 unspecified atom stereocenters. The molecular formula is C23H33FN2O3S. The van der Waals surface area contributed by atoms with Crippen molar-refractivity contribution in [2.75, 3.05) is 13.2 Å². The van der Waals surface area contributed by atoms with Gasteiger partial charge in [-0.3, -0.25) is 0 Å². The molecule has 1 aromatic heterocycles. The number of hydrogen-bond donors (Lipinski definition) is 1. The van der Waals surface area contributed by atoms with E-state index < -0.39 is 16.1 Å². The lowest BCUT2D eigenvalue weighted by Crippen LogP contribution is -2.29. The fraction of sp³-hybridized carbons (Fsp3) is 0.652. The van der Waals surface area contributed by atoms with Gasteiger partial charge in [-0.2, -0.15) is 0 Å². The van der Waals surface area contributed by atoms with Crippen molar-refractivity contribution in [2.45, 2.75) is 77.1 Å². The molecule has 0 radical (unpaired) electrons. The van der Waals surface area contributed by atoms with E-state index in [4.69, 9.17) is 4.74 Å². The summed E-state index contributed by atoms with van der Waals surface area (Å²) in [6.07, 6.45) is 5.09. The zero-order valence-corrected chi connectivity index (χ0v) is 19.2. The molecule has 0 bridgehead atoms. The van der Waals surface area contributed by atoms with E-state index in [9.17, 15) is 8.42 Å². The van der Waals surface area contributed by atoms with Gasteiger partial charge >= 0.3 is 0 Å². The van der Waals surface area contributed by atoms with Crippen LogP contribution in [-0.2, 0) is 21.3 Å². The zero-order chi connectivity index (χ0) is 21.7. The first-order valence-electron chi connectivity index (χ1n) is 11.0. The second-order valence-corrected chi connectivity index (χ2v) is 12.1. The molecule has 7 heteroatoms. The van der Waals surface area contributed by atoms with Crippen LogP contribution in [0.5, 0.6) is 0 Å². The molecule has 0 spiro atoms. The lowest BCUT2D eigenvalue weighted by atomic mass is 9.90. The predicted octanol–water partition coefficient (Wildman–Crippen LogP) is 4.86. The molecule has 1 aromatic carbocycles. The second kappa shape index (κ2) is 7.92. The van der Waals surface area contributed by atoms with Crippen LogP contribution >= 0.6 is 0 Å². The fourth-order valence-electron chi connectivity index (χ4n) is 4.45. The van der Waals surface area contributed by atoms with Crippen LogP contribution in [0.2, 0.25) is 0 Å². The normalized spacial score (nSPS) is 20.0. The van der Waals surface area contributed by atoms with Crippen LogP contribution in [0.1, 0.15) is 76.5 Å². The molecule has 0 amide bonds. The van der Waals surface area contributed by atoms with Crippen LogP contribution in [0.3, 0.4) is 0 Å². The lowest BCUT2D eigenvalue weighted by molar-refractivity contribution is 0.0846. The van der Waals surface area contributed by atoms with Crippen LogP contribution in [0.15, 0.2) is 18.3 Å². The summed E-state index contributed by atoms with van der Waals surface area (Å²) in [7, 11) is -3.33. The second-order valence-electron chi connectivity index (χ2n) is 10.1. The summed E-state index contributed by atoms with van der Waals surface area (Å²) < 4.78 is 50.6. The minimum absolute atomic E-state index is 0.0349. The van der Waals surface area contributed by atoms with Gasteiger partial charge in [-0.25, -0.2) is 17.5 Å². The smallest absolute Gasteiger partial charge is 0.215 e. The lowest BCUT2D eigenvalue weighted by Gasteiger charge is -2.24. The van der Waals surface area contributed by atoms with Crippen molar-refractivity contribution in [2.24, 2.45) is 5.41 Å². The van der Waals surface area contributed by atoms with Crippen molar-refractivity contribution in [1.82, 2.24) is 9.29 Å². The van der Waals surface area contributed by atoms with Gasteiger partial charge in [-0.05, 0) is 67.2 Å². The molecule has 166 valence electrons. The van der Waals surface area contributed by atoms with E-state index in [1.54, 1.807) is 6.07 Å². The number of benzene rings is 1. The van der Waals surface area contributed by atoms with E-state index >= 15 is 4.39 Å². The van der Waals surface area contributed by atoms with Gasteiger partial charge in [0.1, 0.15) is 5.82 Å². The molecule has 2 aromatic rings. The van der Waals surface area contributed by atoms with Crippen molar-refractivity contribution < 1.29 is 17.5 Å². The third kappa shape index (κ3) is 4.58. The average molecular weight is 437 g/mol. The number of nitrogens with zero attached hydrogens (tertiary/aromatic N) is 1. The summed E-state index contributed by atoms with van der Waals surface area (Å²) >= 11 is 0. The summed E-state index contributed by atoms with van der Waals surface area (Å²) in [5.41, 5.74) is 2.58.